The van der Waals surface area contributed by atoms with Crippen molar-refractivity contribution in [1.29, 1.82) is 0 Å². The Morgan fingerprint density at radius 1 is 1.09 bits per heavy atom. The van der Waals surface area contributed by atoms with Crippen molar-refractivity contribution < 1.29 is 14.0 Å². The number of hydrogen-bond acceptors (Lipinski definition) is 3. The highest BCUT2D eigenvalue weighted by molar-refractivity contribution is 8.00. The summed E-state index contributed by atoms with van der Waals surface area (Å²) in [5, 5.41) is 0.425. The van der Waals surface area contributed by atoms with E-state index in [9.17, 15) is 14.0 Å². The van der Waals surface area contributed by atoms with Gasteiger partial charge in [-0.3, -0.25) is 20.4 Å². The van der Waals surface area contributed by atoms with Crippen LogP contribution in [0.3, 0.4) is 0 Å². The van der Waals surface area contributed by atoms with E-state index < -0.39 is 11.8 Å². The van der Waals surface area contributed by atoms with Gasteiger partial charge in [0.15, 0.2) is 0 Å². The molecule has 0 bridgehead atoms. The van der Waals surface area contributed by atoms with Crippen molar-refractivity contribution in [2.75, 3.05) is 5.75 Å². The van der Waals surface area contributed by atoms with E-state index in [1.54, 1.807) is 36.4 Å². The first kappa shape index (κ1) is 16.3. The summed E-state index contributed by atoms with van der Waals surface area (Å²) >= 11 is 6.82. The summed E-state index contributed by atoms with van der Waals surface area (Å²) in [5.41, 5.74) is 4.87. The number of hydrazine groups is 1. The molecule has 0 saturated heterocycles. The zero-order valence-electron chi connectivity index (χ0n) is 11.3. The molecule has 0 heterocycles. The maximum absolute atomic E-state index is 13.4. The second-order valence-electron chi connectivity index (χ2n) is 4.23. The van der Waals surface area contributed by atoms with Gasteiger partial charge in [0.2, 0.25) is 5.91 Å². The standard InChI is InChI=1S/C15H12ClFN2O2S/c16-11-5-3-4-10(8-11)15(21)19-18-14(20)9-22-13-7-2-1-6-12(13)17/h1-8H,9H2,(H,18,20)(H,19,21). The predicted octanol–water partition coefficient (Wildman–Crippen LogP) is 3.03. The van der Waals surface area contributed by atoms with Crippen molar-refractivity contribution >= 4 is 35.2 Å². The zero-order chi connectivity index (χ0) is 15.9. The third-order valence-corrected chi connectivity index (χ3v) is 3.88. The summed E-state index contributed by atoms with van der Waals surface area (Å²) in [4.78, 5) is 23.8. The molecule has 22 heavy (non-hydrogen) atoms. The Hall–Kier alpha value is -2.05. The maximum atomic E-state index is 13.4. The van der Waals surface area contributed by atoms with Crippen LogP contribution in [-0.2, 0) is 4.79 Å². The lowest BCUT2D eigenvalue weighted by molar-refractivity contribution is -0.119. The molecule has 0 aliphatic carbocycles. The van der Waals surface area contributed by atoms with Gasteiger partial charge < -0.3 is 0 Å². The molecule has 2 aromatic carbocycles. The molecule has 2 rings (SSSR count). The fourth-order valence-corrected chi connectivity index (χ4v) is 2.50. The Kier molecular flexibility index (Phi) is 5.80. The van der Waals surface area contributed by atoms with Gasteiger partial charge in [-0.1, -0.05) is 29.8 Å². The number of thioether (sulfide) groups is 1. The molecule has 114 valence electrons. The monoisotopic (exact) mass is 338 g/mol. The molecule has 2 amide bonds. The van der Waals surface area contributed by atoms with Crippen LogP contribution in [0.25, 0.3) is 0 Å². The largest absolute Gasteiger partial charge is 0.272 e. The predicted molar refractivity (Wildman–Crippen MR) is 84.2 cm³/mol. The van der Waals surface area contributed by atoms with Gasteiger partial charge in [-0.2, -0.15) is 0 Å². The summed E-state index contributed by atoms with van der Waals surface area (Å²) < 4.78 is 13.4. The molecule has 0 atom stereocenters. The van der Waals surface area contributed by atoms with Gasteiger partial charge in [0.1, 0.15) is 5.82 Å². The van der Waals surface area contributed by atoms with E-state index in [4.69, 9.17) is 11.6 Å². The molecule has 2 N–H and O–H groups in total. The Balaban J connectivity index is 1.81. The number of halogens is 2. The number of nitrogens with one attached hydrogen (secondary N) is 2. The molecule has 0 aliphatic heterocycles. The van der Waals surface area contributed by atoms with Crippen LogP contribution in [0.5, 0.6) is 0 Å². The molecule has 0 radical (unpaired) electrons. The average Bonchev–Trinajstić information content (AvgIpc) is 2.52. The summed E-state index contributed by atoms with van der Waals surface area (Å²) in [6, 6.07) is 12.5. The second-order valence-corrected chi connectivity index (χ2v) is 5.69. The van der Waals surface area contributed by atoms with Crippen LogP contribution in [0.15, 0.2) is 53.4 Å². The normalized spacial score (nSPS) is 10.1. The van der Waals surface area contributed by atoms with E-state index >= 15 is 0 Å². The van der Waals surface area contributed by atoms with Crippen molar-refractivity contribution in [1.82, 2.24) is 10.9 Å². The third kappa shape index (κ3) is 4.75. The number of amides is 2. The van der Waals surface area contributed by atoms with Gasteiger partial charge in [0.25, 0.3) is 5.91 Å². The Morgan fingerprint density at radius 2 is 1.86 bits per heavy atom. The van der Waals surface area contributed by atoms with Gasteiger partial charge in [-0.05, 0) is 30.3 Å². The van der Waals surface area contributed by atoms with E-state index in [-0.39, 0.29) is 11.6 Å². The summed E-state index contributed by atoms with van der Waals surface area (Å²) in [6.45, 7) is 0. The molecule has 0 saturated carbocycles. The van der Waals surface area contributed by atoms with Crippen LogP contribution in [0.2, 0.25) is 5.02 Å². The van der Waals surface area contributed by atoms with Crippen LogP contribution in [0, 0.1) is 5.82 Å². The molecule has 0 aliphatic rings. The third-order valence-electron chi connectivity index (χ3n) is 2.60. The smallest absolute Gasteiger partial charge is 0.269 e. The molecular formula is C15H12ClFN2O2S. The lowest BCUT2D eigenvalue weighted by atomic mass is 10.2. The molecule has 0 spiro atoms. The molecular weight excluding hydrogens is 327 g/mol. The average molecular weight is 339 g/mol. The van der Waals surface area contributed by atoms with Crippen LogP contribution in [-0.4, -0.2) is 17.6 Å². The molecule has 2 aromatic rings. The van der Waals surface area contributed by atoms with Gasteiger partial charge >= 0.3 is 0 Å². The number of carbonyl (C=O) groups excluding carboxylic acids is 2. The van der Waals surface area contributed by atoms with Crippen molar-refractivity contribution in [2.24, 2.45) is 0 Å². The van der Waals surface area contributed by atoms with Gasteiger partial charge in [-0.25, -0.2) is 4.39 Å². The SMILES string of the molecule is O=C(CSc1ccccc1F)NNC(=O)c1cccc(Cl)c1. The molecule has 7 heteroatoms. The maximum Gasteiger partial charge on any atom is 0.269 e. The highest BCUT2D eigenvalue weighted by Crippen LogP contribution is 2.20. The fraction of sp³-hybridized carbons (Fsp3) is 0.0667. The first-order chi connectivity index (χ1) is 10.6. The molecule has 0 fully saturated rings. The number of rotatable bonds is 4. The first-order valence-electron chi connectivity index (χ1n) is 6.28. The molecule has 0 unspecified atom stereocenters. The van der Waals surface area contributed by atoms with Gasteiger partial charge in [0.05, 0.1) is 5.75 Å². The van der Waals surface area contributed by atoms with Crippen LogP contribution in [0.4, 0.5) is 4.39 Å². The number of benzene rings is 2. The highest BCUT2D eigenvalue weighted by atomic mass is 35.5. The second kappa shape index (κ2) is 7.82. The van der Waals surface area contributed by atoms with Crippen molar-refractivity contribution in [3.63, 3.8) is 0 Å². The minimum absolute atomic E-state index is 0.0171. The highest BCUT2D eigenvalue weighted by Gasteiger charge is 2.09. The number of hydrogen-bond donors (Lipinski definition) is 2. The minimum atomic E-state index is -0.480. The zero-order valence-corrected chi connectivity index (χ0v) is 12.9. The Labute approximate surface area is 136 Å². The summed E-state index contributed by atoms with van der Waals surface area (Å²) in [7, 11) is 0. The van der Waals surface area contributed by atoms with Crippen molar-refractivity contribution in [3.8, 4) is 0 Å². The number of carbonyl (C=O) groups is 2. The quantitative estimate of drug-likeness (QED) is 0.665. The van der Waals surface area contributed by atoms with Crippen molar-refractivity contribution in [2.45, 2.75) is 4.90 Å². The van der Waals surface area contributed by atoms with Crippen LogP contribution >= 0.6 is 23.4 Å². The van der Waals surface area contributed by atoms with E-state index in [0.717, 1.165) is 11.8 Å². The van der Waals surface area contributed by atoms with E-state index in [1.807, 2.05) is 0 Å². The van der Waals surface area contributed by atoms with Gasteiger partial charge in [-0.15, -0.1) is 11.8 Å². The van der Waals surface area contributed by atoms with Gasteiger partial charge in [0, 0.05) is 15.5 Å². The van der Waals surface area contributed by atoms with E-state index in [0.29, 0.717) is 15.5 Å². The molecule has 0 aromatic heterocycles. The Morgan fingerprint density at radius 3 is 2.59 bits per heavy atom. The minimum Gasteiger partial charge on any atom is -0.272 e. The summed E-state index contributed by atoms with van der Waals surface area (Å²) in [5.74, 6) is -1.32. The topological polar surface area (TPSA) is 58.2 Å². The van der Waals surface area contributed by atoms with E-state index in [1.165, 1.54) is 12.1 Å². The first-order valence-corrected chi connectivity index (χ1v) is 7.64. The van der Waals surface area contributed by atoms with E-state index in [2.05, 4.69) is 10.9 Å². The lowest BCUT2D eigenvalue weighted by Crippen LogP contribution is -2.42. The van der Waals surface area contributed by atoms with Crippen LogP contribution in [0.1, 0.15) is 10.4 Å². The van der Waals surface area contributed by atoms with Crippen LogP contribution < -0.4 is 10.9 Å². The fourth-order valence-electron chi connectivity index (χ4n) is 1.57. The summed E-state index contributed by atoms with van der Waals surface area (Å²) in [6.07, 6.45) is 0. The Bertz CT molecular complexity index is 697. The molecule has 4 nitrogen and oxygen atoms in total. The van der Waals surface area contributed by atoms with Crippen molar-refractivity contribution in [3.05, 3.63) is 64.9 Å². The lowest BCUT2D eigenvalue weighted by Gasteiger charge is -2.07.